The highest BCUT2D eigenvalue weighted by Crippen LogP contribution is 2.35. The summed E-state index contributed by atoms with van der Waals surface area (Å²) in [7, 11) is -4.47. The molecule has 1 atom stereocenters. The number of nitrogens with one attached hydrogen (secondary N) is 1. The van der Waals surface area contributed by atoms with E-state index in [1.54, 1.807) is 0 Å². The van der Waals surface area contributed by atoms with Crippen molar-refractivity contribution in [1.29, 1.82) is 0 Å². The third-order valence-corrected chi connectivity index (χ3v) is 5.88. The van der Waals surface area contributed by atoms with Gasteiger partial charge in [0, 0.05) is 36.0 Å². The lowest BCUT2D eigenvalue weighted by atomic mass is 10.1. The van der Waals surface area contributed by atoms with Crippen LogP contribution in [0.4, 0.5) is 24.5 Å². The van der Waals surface area contributed by atoms with Crippen LogP contribution in [0.15, 0.2) is 47.4 Å². The fourth-order valence-corrected chi connectivity index (χ4v) is 4.12. The Bertz CT molecular complexity index is 950. The van der Waals surface area contributed by atoms with E-state index in [4.69, 9.17) is 16.7 Å². The number of halogens is 4. The second-order valence-corrected chi connectivity index (χ2v) is 8.68. The molecule has 3 rings (SSSR count). The van der Waals surface area contributed by atoms with E-state index in [0.717, 1.165) is 37.3 Å². The Kier molecular flexibility index (Phi) is 5.79. The van der Waals surface area contributed by atoms with E-state index in [-0.39, 0.29) is 11.6 Å². The monoisotopic (exact) mass is 433 g/mol. The minimum absolute atomic E-state index is 0.199. The van der Waals surface area contributed by atoms with E-state index in [1.807, 2.05) is 24.3 Å². The Morgan fingerprint density at radius 2 is 1.86 bits per heavy atom. The molecule has 2 aromatic rings. The third kappa shape index (κ3) is 4.89. The average Bonchev–Trinajstić information content (AvgIpc) is 3.08. The van der Waals surface area contributed by atoms with Gasteiger partial charge in [0.1, 0.15) is 0 Å². The van der Waals surface area contributed by atoms with Gasteiger partial charge in [-0.3, -0.25) is 0 Å². The molecule has 0 saturated carbocycles. The van der Waals surface area contributed by atoms with Crippen LogP contribution < -0.4 is 15.4 Å². The minimum atomic E-state index is -4.82. The number of nitrogens with two attached hydrogens (primary N) is 1. The summed E-state index contributed by atoms with van der Waals surface area (Å²) in [6.45, 7) is 2.07. The summed E-state index contributed by atoms with van der Waals surface area (Å²) >= 11 is 5.89. The third-order valence-electron chi connectivity index (χ3n) is 4.66. The zero-order valence-electron chi connectivity index (χ0n) is 14.7. The number of primary sulfonamides is 1. The maximum absolute atomic E-state index is 13.2. The lowest BCUT2D eigenvalue weighted by molar-refractivity contribution is -0.139. The van der Waals surface area contributed by atoms with Crippen molar-refractivity contribution in [2.45, 2.75) is 17.5 Å². The molecule has 1 saturated heterocycles. The van der Waals surface area contributed by atoms with E-state index in [1.165, 1.54) is 6.07 Å². The number of alkyl halides is 3. The van der Waals surface area contributed by atoms with Gasteiger partial charge in [0.25, 0.3) is 0 Å². The molecule has 1 aliphatic rings. The quantitative estimate of drug-likeness (QED) is 0.748. The van der Waals surface area contributed by atoms with Gasteiger partial charge in [0.05, 0.1) is 10.5 Å². The second kappa shape index (κ2) is 7.81. The van der Waals surface area contributed by atoms with Crippen LogP contribution >= 0.6 is 11.6 Å². The first kappa shape index (κ1) is 20.8. The summed E-state index contributed by atoms with van der Waals surface area (Å²) in [4.78, 5) is 1.26. The smallest absolute Gasteiger partial charge is 0.385 e. The van der Waals surface area contributed by atoms with Crippen molar-refractivity contribution in [2.24, 2.45) is 11.1 Å². The van der Waals surface area contributed by atoms with Gasteiger partial charge < -0.3 is 10.2 Å². The van der Waals surface area contributed by atoms with Gasteiger partial charge in [-0.1, -0.05) is 11.6 Å². The highest BCUT2D eigenvalue weighted by molar-refractivity contribution is 7.89. The van der Waals surface area contributed by atoms with Crippen molar-refractivity contribution >= 4 is 33.0 Å². The molecular weight excluding hydrogens is 415 g/mol. The van der Waals surface area contributed by atoms with E-state index in [2.05, 4.69) is 10.2 Å². The molecule has 0 amide bonds. The molecule has 1 unspecified atom stereocenters. The van der Waals surface area contributed by atoms with Crippen LogP contribution in [0.1, 0.15) is 12.0 Å². The van der Waals surface area contributed by atoms with Crippen molar-refractivity contribution in [1.82, 2.24) is 0 Å². The van der Waals surface area contributed by atoms with Crippen LogP contribution in [0.2, 0.25) is 5.02 Å². The molecule has 0 bridgehead atoms. The number of hydrogen-bond acceptors (Lipinski definition) is 4. The molecule has 0 spiro atoms. The molecule has 28 heavy (non-hydrogen) atoms. The van der Waals surface area contributed by atoms with Crippen LogP contribution in [-0.4, -0.2) is 28.1 Å². The minimum Gasteiger partial charge on any atom is -0.385 e. The maximum Gasteiger partial charge on any atom is 0.417 e. The highest BCUT2D eigenvalue weighted by atomic mass is 35.5. The highest BCUT2D eigenvalue weighted by Gasteiger charge is 2.36. The SMILES string of the molecule is NS(=O)(=O)c1ccc(NCC2CCN(c3ccc(Cl)cc3)C2)cc1C(F)(F)F. The van der Waals surface area contributed by atoms with Crippen molar-refractivity contribution in [2.75, 3.05) is 29.9 Å². The summed E-state index contributed by atoms with van der Waals surface area (Å²) in [5, 5.41) is 8.53. The molecule has 10 heteroatoms. The van der Waals surface area contributed by atoms with Crippen molar-refractivity contribution in [3.8, 4) is 0 Å². The largest absolute Gasteiger partial charge is 0.417 e. The fraction of sp³-hybridized carbons (Fsp3) is 0.333. The van der Waals surface area contributed by atoms with Gasteiger partial charge in [0.15, 0.2) is 0 Å². The standard InChI is InChI=1S/C18H19ClF3N3O2S/c19-13-1-4-15(5-2-13)25-8-7-12(11-25)10-24-14-3-6-17(28(23,26)27)16(9-14)18(20,21)22/h1-6,9,12,24H,7-8,10-11H2,(H2,23,26,27). The summed E-state index contributed by atoms with van der Waals surface area (Å²) in [6, 6.07) is 10.4. The van der Waals surface area contributed by atoms with Gasteiger partial charge in [-0.05, 0) is 54.8 Å². The first-order valence-electron chi connectivity index (χ1n) is 8.52. The molecule has 0 aromatic heterocycles. The Labute approximate surface area is 166 Å². The molecule has 0 radical (unpaired) electrons. The van der Waals surface area contributed by atoms with Crippen LogP contribution in [0, 0.1) is 5.92 Å². The second-order valence-electron chi connectivity index (χ2n) is 6.71. The van der Waals surface area contributed by atoms with Crippen molar-refractivity contribution in [3.63, 3.8) is 0 Å². The summed E-state index contributed by atoms with van der Waals surface area (Å²) in [5.41, 5.74) is -0.0253. The average molecular weight is 434 g/mol. The number of nitrogens with zero attached hydrogens (tertiary/aromatic N) is 1. The topological polar surface area (TPSA) is 75.4 Å². The Morgan fingerprint density at radius 1 is 1.18 bits per heavy atom. The molecular formula is C18H19ClF3N3O2S. The molecule has 3 N–H and O–H groups in total. The van der Waals surface area contributed by atoms with Crippen LogP contribution in [0.3, 0.4) is 0 Å². The molecule has 2 aromatic carbocycles. The molecule has 1 fully saturated rings. The van der Waals surface area contributed by atoms with E-state index >= 15 is 0 Å². The normalized spacial score (nSPS) is 17.8. The first-order valence-corrected chi connectivity index (χ1v) is 10.4. The maximum atomic E-state index is 13.2. The fourth-order valence-electron chi connectivity index (χ4n) is 3.26. The predicted octanol–water partition coefficient (Wildman–Crippen LogP) is 3.94. The van der Waals surface area contributed by atoms with Crippen LogP contribution in [0.5, 0.6) is 0 Å². The van der Waals surface area contributed by atoms with Gasteiger partial charge in [-0.2, -0.15) is 13.2 Å². The zero-order chi connectivity index (χ0) is 20.5. The van der Waals surface area contributed by atoms with Crippen LogP contribution in [0.25, 0.3) is 0 Å². The lowest BCUT2D eigenvalue weighted by Gasteiger charge is -2.19. The molecule has 1 aliphatic heterocycles. The van der Waals surface area contributed by atoms with Gasteiger partial charge >= 0.3 is 6.18 Å². The summed E-state index contributed by atoms with van der Waals surface area (Å²) < 4.78 is 62.4. The van der Waals surface area contributed by atoms with Crippen molar-refractivity contribution in [3.05, 3.63) is 53.1 Å². The Morgan fingerprint density at radius 3 is 2.46 bits per heavy atom. The van der Waals surface area contributed by atoms with Gasteiger partial charge in [-0.15, -0.1) is 0 Å². The predicted molar refractivity (Wildman–Crippen MR) is 103 cm³/mol. The van der Waals surface area contributed by atoms with Gasteiger partial charge in [0.2, 0.25) is 10.0 Å². The van der Waals surface area contributed by atoms with Crippen molar-refractivity contribution < 1.29 is 21.6 Å². The summed E-state index contributed by atoms with van der Waals surface area (Å²) in [5.74, 6) is 0.239. The lowest BCUT2D eigenvalue weighted by Crippen LogP contribution is -2.23. The number of rotatable bonds is 5. The molecule has 1 heterocycles. The van der Waals surface area contributed by atoms with E-state index < -0.39 is 26.7 Å². The number of hydrogen-bond donors (Lipinski definition) is 2. The first-order chi connectivity index (χ1) is 13.0. The molecule has 5 nitrogen and oxygen atoms in total. The molecule has 152 valence electrons. The summed E-state index contributed by atoms with van der Waals surface area (Å²) in [6.07, 6.45) is -3.94. The van der Waals surface area contributed by atoms with E-state index in [0.29, 0.717) is 11.6 Å². The van der Waals surface area contributed by atoms with Crippen LogP contribution in [-0.2, 0) is 16.2 Å². The number of benzene rings is 2. The zero-order valence-corrected chi connectivity index (χ0v) is 16.3. The van der Waals surface area contributed by atoms with Gasteiger partial charge in [-0.25, -0.2) is 13.6 Å². The Hall–Kier alpha value is -1.97. The number of anilines is 2. The molecule has 0 aliphatic carbocycles. The number of sulfonamides is 1. The Balaban J connectivity index is 1.67. The van der Waals surface area contributed by atoms with E-state index in [9.17, 15) is 21.6 Å².